The van der Waals surface area contributed by atoms with E-state index in [0.717, 1.165) is 5.56 Å². The van der Waals surface area contributed by atoms with Crippen LogP contribution in [0.25, 0.3) is 0 Å². The normalized spacial score (nSPS) is 10.6. The van der Waals surface area contributed by atoms with Gasteiger partial charge in [0.25, 0.3) is 0 Å². The summed E-state index contributed by atoms with van der Waals surface area (Å²) in [5, 5.41) is 0. The van der Waals surface area contributed by atoms with Crippen LogP contribution in [0.5, 0.6) is 0 Å². The maximum absolute atomic E-state index is 11.2. The summed E-state index contributed by atoms with van der Waals surface area (Å²) in [5.74, 6) is -0.318. The number of allylic oxidation sites excluding steroid dienone is 1. The molecular weight excluding hydrogens is 204 g/mol. The number of ether oxygens (including phenoxy) is 2. The van der Waals surface area contributed by atoms with Crippen LogP contribution in [0.15, 0.2) is 36.4 Å². The maximum atomic E-state index is 11.2. The molecule has 0 amide bonds. The first-order chi connectivity index (χ1) is 7.77. The van der Waals surface area contributed by atoms with E-state index in [1.54, 1.807) is 12.1 Å². The zero-order valence-corrected chi connectivity index (χ0v) is 9.60. The second-order valence-electron chi connectivity index (χ2n) is 3.27. The highest BCUT2D eigenvalue weighted by Crippen LogP contribution is 2.06. The fourth-order valence-corrected chi connectivity index (χ4v) is 1.20. The van der Waals surface area contributed by atoms with E-state index in [2.05, 4.69) is 4.74 Å². The van der Waals surface area contributed by atoms with Gasteiger partial charge in [0.15, 0.2) is 0 Å². The van der Waals surface area contributed by atoms with Crippen molar-refractivity contribution in [3.8, 4) is 0 Å². The van der Waals surface area contributed by atoms with Gasteiger partial charge >= 0.3 is 5.97 Å². The fourth-order valence-electron chi connectivity index (χ4n) is 1.20. The number of benzene rings is 1. The van der Waals surface area contributed by atoms with Gasteiger partial charge in [-0.15, -0.1) is 0 Å². The van der Waals surface area contributed by atoms with Gasteiger partial charge in [0.1, 0.15) is 0 Å². The first-order valence-corrected chi connectivity index (χ1v) is 5.14. The summed E-state index contributed by atoms with van der Waals surface area (Å²) in [6.45, 7) is 3.11. The minimum Gasteiger partial charge on any atom is -0.465 e. The minimum absolute atomic E-state index is 0.318. The monoisotopic (exact) mass is 220 g/mol. The quantitative estimate of drug-likeness (QED) is 0.434. The van der Waals surface area contributed by atoms with E-state index >= 15 is 0 Å². The Morgan fingerprint density at radius 1 is 1.31 bits per heavy atom. The van der Waals surface area contributed by atoms with Gasteiger partial charge in [-0.1, -0.05) is 24.3 Å². The lowest BCUT2D eigenvalue weighted by Crippen LogP contribution is -2.01. The van der Waals surface area contributed by atoms with Gasteiger partial charge < -0.3 is 9.47 Å². The largest absolute Gasteiger partial charge is 0.465 e. The van der Waals surface area contributed by atoms with Crippen molar-refractivity contribution in [2.24, 2.45) is 0 Å². The maximum Gasteiger partial charge on any atom is 0.337 e. The van der Waals surface area contributed by atoms with Crippen LogP contribution in [-0.2, 0) is 16.1 Å². The highest BCUT2D eigenvalue weighted by atomic mass is 16.5. The van der Waals surface area contributed by atoms with Crippen molar-refractivity contribution in [1.29, 1.82) is 0 Å². The molecule has 0 aliphatic heterocycles. The molecule has 0 saturated carbocycles. The van der Waals surface area contributed by atoms with Crippen LogP contribution in [0, 0.1) is 0 Å². The Morgan fingerprint density at radius 3 is 2.56 bits per heavy atom. The van der Waals surface area contributed by atoms with Crippen molar-refractivity contribution in [3.63, 3.8) is 0 Å². The molecule has 0 spiro atoms. The van der Waals surface area contributed by atoms with Crippen LogP contribution in [0.4, 0.5) is 0 Å². The van der Waals surface area contributed by atoms with Gasteiger partial charge in [-0.05, 0) is 24.6 Å². The molecule has 1 aromatic rings. The van der Waals surface area contributed by atoms with Gasteiger partial charge in [-0.2, -0.15) is 0 Å². The van der Waals surface area contributed by atoms with Crippen LogP contribution in [0.3, 0.4) is 0 Å². The lowest BCUT2D eigenvalue weighted by atomic mass is 10.1. The Labute approximate surface area is 95.7 Å². The number of carbonyl (C=O) groups excluding carboxylic acids is 1. The Hall–Kier alpha value is -1.61. The molecule has 1 rings (SSSR count). The zero-order chi connectivity index (χ0) is 11.8. The van der Waals surface area contributed by atoms with Crippen LogP contribution in [0.2, 0.25) is 0 Å². The fraction of sp³-hybridized carbons (Fsp3) is 0.308. The molecule has 0 aliphatic carbocycles. The summed E-state index contributed by atoms with van der Waals surface area (Å²) in [4.78, 5) is 11.2. The Balaban J connectivity index is 2.48. The lowest BCUT2D eigenvalue weighted by molar-refractivity contribution is 0.0600. The molecule has 86 valence electrons. The van der Waals surface area contributed by atoms with Crippen molar-refractivity contribution >= 4 is 5.97 Å². The minimum atomic E-state index is -0.318. The number of rotatable bonds is 5. The number of methoxy groups -OCH3 is 1. The molecule has 0 bridgehead atoms. The molecule has 0 radical (unpaired) electrons. The molecule has 0 unspecified atom stereocenters. The molecule has 0 fully saturated rings. The van der Waals surface area contributed by atoms with Crippen molar-refractivity contribution in [2.45, 2.75) is 13.5 Å². The number of hydrogen-bond acceptors (Lipinski definition) is 3. The summed E-state index contributed by atoms with van der Waals surface area (Å²) in [5.41, 5.74) is 1.59. The first kappa shape index (κ1) is 12.5. The summed E-state index contributed by atoms with van der Waals surface area (Å²) >= 11 is 0. The molecule has 1 aromatic carbocycles. The second-order valence-corrected chi connectivity index (χ2v) is 3.27. The third-order valence-corrected chi connectivity index (χ3v) is 2.09. The topological polar surface area (TPSA) is 35.5 Å². The summed E-state index contributed by atoms with van der Waals surface area (Å²) < 4.78 is 9.99. The van der Waals surface area contributed by atoms with Crippen LogP contribution >= 0.6 is 0 Å². The Kier molecular flexibility index (Phi) is 5.29. The molecule has 3 nitrogen and oxygen atoms in total. The van der Waals surface area contributed by atoms with Gasteiger partial charge in [-0.25, -0.2) is 4.79 Å². The average molecular weight is 220 g/mol. The molecule has 0 aromatic heterocycles. The third-order valence-electron chi connectivity index (χ3n) is 2.09. The van der Waals surface area contributed by atoms with E-state index in [1.165, 1.54) is 7.11 Å². The summed E-state index contributed by atoms with van der Waals surface area (Å²) in [7, 11) is 1.37. The standard InChI is InChI=1S/C13H16O3/c1-3-4-9-16-10-11-5-7-12(8-6-11)13(14)15-2/h3-8H,9-10H2,1-2H3. The van der Waals surface area contributed by atoms with Crippen molar-refractivity contribution in [3.05, 3.63) is 47.5 Å². The molecule has 0 atom stereocenters. The number of hydrogen-bond donors (Lipinski definition) is 0. The van der Waals surface area contributed by atoms with Crippen LogP contribution < -0.4 is 0 Å². The average Bonchev–Trinajstić information content (AvgIpc) is 2.34. The first-order valence-electron chi connectivity index (χ1n) is 5.14. The SMILES string of the molecule is CC=CCOCc1ccc(C(=O)OC)cc1. The van der Waals surface area contributed by atoms with E-state index in [0.29, 0.717) is 18.8 Å². The van der Waals surface area contributed by atoms with E-state index in [-0.39, 0.29) is 5.97 Å². The van der Waals surface area contributed by atoms with Crippen molar-refractivity contribution < 1.29 is 14.3 Å². The Bertz CT molecular complexity index is 352. The highest BCUT2D eigenvalue weighted by Gasteiger charge is 2.03. The Morgan fingerprint density at radius 2 is 2.00 bits per heavy atom. The molecule has 0 heterocycles. The molecular formula is C13H16O3. The van der Waals surface area contributed by atoms with Gasteiger partial charge in [0.05, 0.1) is 25.9 Å². The molecule has 16 heavy (non-hydrogen) atoms. The number of esters is 1. The summed E-state index contributed by atoms with van der Waals surface area (Å²) in [6, 6.07) is 7.20. The van der Waals surface area contributed by atoms with E-state index < -0.39 is 0 Å². The van der Waals surface area contributed by atoms with Crippen LogP contribution in [0.1, 0.15) is 22.8 Å². The molecule has 0 aliphatic rings. The van der Waals surface area contributed by atoms with Gasteiger partial charge in [0, 0.05) is 0 Å². The lowest BCUT2D eigenvalue weighted by Gasteiger charge is -2.03. The highest BCUT2D eigenvalue weighted by molar-refractivity contribution is 5.89. The second kappa shape index (κ2) is 6.80. The molecule has 0 N–H and O–H groups in total. The van der Waals surface area contributed by atoms with Gasteiger partial charge in [-0.3, -0.25) is 0 Å². The molecule has 0 saturated heterocycles. The van der Waals surface area contributed by atoms with Crippen molar-refractivity contribution in [1.82, 2.24) is 0 Å². The predicted octanol–water partition coefficient (Wildman–Crippen LogP) is 2.57. The van der Waals surface area contributed by atoms with E-state index in [4.69, 9.17) is 4.74 Å². The molecule has 3 heteroatoms. The smallest absolute Gasteiger partial charge is 0.337 e. The van der Waals surface area contributed by atoms with Crippen molar-refractivity contribution in [2.75, 3.05) is 13.7 Å². The van der Waals surface area contributed by atoms with E-state index in [9.17, 15) is 4.79 Å². The zero-order valence-electron chi connectivity index (χ0n) is 9.60. The third kappa shape index (κ3) is 3.87. The van der Waals surface area contributed by atoms with Gasteiger partial charge in [0.2, 0.25) is 0 Å². The number of carbonyl (C=O) groups is 1. The summed E-state index contributed by atoms with van der Waals surface area (Å²) in [6.07, 6.45) is 3.89. The van der Waals surface area contributed by atoms with Crippen LogP contribution in [-0.4, -0.2) is 19.7 Å². The predicted molar refractivity (Wildman–Crippen MR) is 62.3 cm³/mol. The van der Waals surface area contributed by atoms with E-state index in [1.807, 2.05) is 31.2 Å².